The Morgan fingerprint density at radius 2 is 2.00 bits per heavy atom. The van der Waals surface area contributed by atoms with Crippen molar-refractivity contribution in [1.29, 1.82) is 0 Å². The van der Waals surface area contributed by atoms with Crippen molar-refractivity contribution in [3.63, 3.8) is 0 Å². The summed E-state index contributed by atoms with van der Waals surface area (Å²) < 4.78 is 28.6. The number of carbonyl (C=O) groups is 1. The zero-order valence-corrected chi connectivity index (χ0v) is 10.8. The second-order valence-electron chi connectivity index (χ2n) is 3.52. The van der Waals surface area contributed by atoms with Gasteiger partial charge in [0.15, 0.2) is 0 Å². The molecule has 1 unspecified atom stereocenters. The van der Waals surface area contributed by atoms with E-state index in [-0.39, 0.29) is 11.9 Å². The molecule has 0 aromatic carbocycles. The lowest BCUT2D eigenvalue weighted by Gasteiger charge is -2.11. The Hall–Kier alpha value is -0.660. The summed E-state index contributed by atoms with van der Waals surface area (Å²) >= 11 is 0. The molecule has 0 aromatic heterocycles. The van der Waals surface area contributed by atoms with Crippen LogP contribution in [0, 0.1) is 5.92 Å². The Morgan fingerprint density at radius 3 is 2.50 bits per heavy atom. The third-order valence-corrected chi connectivity index (χ3v) is 2.53. The first-order chi connectivity index (χ1) is 7.37. The van der Waals surface area contributed by atoms with Crippen LogP contribution in [0.25, 0.3) is 0 Å². The first kappa shape index (κ1) is 15.3. The number of ether oxygens (including phenoxy) is 1. The standard InChI is InChI=1S/C9H20N2O4S/c1-4-15-9(12)8(2)7-10-5-6-11-16(3,13)14/h8,10-11H,4-7H2,1-3H3. The molecule has 0 aromatic rings. The Labute approximate surface area is 96.8 Å². The molecule has 0 bridgehead atoms. The summed E-state index contributed by atoms with van der Waals surface area (Å²) in [5, 5.41) is 2.97. The van der Waals surface area contributed by atoms with Gasteiger partial charge in [-0.15, -0.1) is 0 Å². The van der Waals surface area contributed by atoms with Gasteiger partial charge in [-0.2, -0.15) is 0 Å². The lowest BCUT2D eigenvalue weighted by molar-refractivity contribution is -0.147. The normalized spacial score (nSPS) is 13.4. The van der Waals surface area contributed by atoms with Gasteiger partial charge in [0, 0.05) is 19.6 Å². The first-order valence-electron chi connectivity index (χ1n) is 5.18. The SMILES string of the molecule is CCOC(=O)C(C)CNCCNS(C)(=O)=O. The highest BCUT2D eigenvalue weighted by atomic mass is 32.2. The third-order valence-electron chi connectivity index (χ3n) is 1.81. The fourth-order valence-electron chi connectivity index (χ4n) is 1.01. The van der Waals surface area contributed by atoms with Gasteiger partial charge in [0.05, 0.1) is 18.8 Å². The Morgan fingerprint density at radius 1 is 1.38 bits per heavy atom. The quantitative estimate of drug-likeness (QED) is 0.442. The van der Waals surface area contributed by atoms with Gasteiger partial charge < -0.3 is 10.1 Å². The van der Waals surface area contributed by atoms with Gasteiger partial charge in [0.1, 0.15) is 0 Å². The van der Waals surface area contributed by atoms with E-state index in [9.17, 15) is 13.2 Å². The zero-order chi connectivity index (χ0) is 12.6. The average Bonchev–Trinajstić information content (AvgIpc) is 2.15. The Kier molecular flexibility index (Phi) is 7.27. The van der Waals surface area contributed by atoms with Crippen LogP contribution in [0.5, 0.6) is 0 Å². The van der Waals surface area contributed by atoms with Gasteiger partial charge >= 0.3 is 5.97 Å². The van der Waals surface area contributed by atoms with Crippen LogP contribution in [0.15, 0.2) is 0 Å². The fourth-order valence-corrected chi connectivity index (χ4v) is 1.48. The number of sulfonamides is 1. The molecule has 0 spiro atoms. The molecule has 96 valence electrons. The summed E-state index contributed by atoms with van der Waals surface area (Å²) in [5.41, 5.74) is 0. The summed E-state index contributed by atoms with van der Waals surface area (Å²) in [6, 6.07) is 0. The molecular weight excluding hydrogens is 232 g/mol. The highest BCUT2D eigenvalue weighted by molar-refractivity contribution is 7.88. The maximum atomic E-state index is 11.2. The monoisotopic (exact) mass is 252 g/mol. The van der Waals surface area contributed by atoms with Crippen molar-refractivity contribution < 1.29 is 17.9 Å². The number of rotatable bonds is 8. The molecule has 2 N–H and O–H groups in total. The Balaban J connectivity index is 3.55. The summed E-state index contributed by atoms with van der Waals surface area (Å²) in [7, 11) is -3.13. The van der Waals surface area contributed by atoms with Crippen molar-refractivity contribution in [3.8, 4) is 0 Å². The lowest BCUT2D eigenvalue weighted by atomic mass is 10.2. The second kappa shape index (κ2) is 7.59. The van der Waals surface area contributed by atoms with E-state index in [1.807, 2.05) is 0 Å². The fraction of sp³-hybridized carbons (Fsp3) is 0.889. The van der Waals surface area contributed by atoms with Crippen molar-refractivity contribution in [2.24, 2.45) is 5.92 Å². The van der Waals surface area contributed by atoms with Crippen LogP contribution in [0.3, 0.4) is 0 Å². The van der Waals surface area contributed by atoms with Gasteiger partial charge in [0.2, 0.25) is 10.0 Å². The van der Waals surface area contributed by atoms with Crippen molar-refractivity contribution in [3.05, 3.63) is 0 Å². The van der Waals surface area contributed by atoms with E-state index < -0.39 is 10.0 Å². The minimum atomic E-state index is -3.13. The highest BCUT2D eigenvalue weighted by Crippen LogP contribution is 1.95. The molecule has 0 saturated carbocycles. The smallest absolute Gasteiger partial charge is 0.309 e. The van der Waals surface area contributed by atoms with Crippen LogP contribution in [-0.4, -0.2) is 46.9 Å². The topological polar surface area (TPSA) is 84.5 Å². The maximum Gasteiger partial charge on any atom is 0.309 e. The molecular formula is C9H20N2O4S. The van der Waals surface area contributed by atoms with Crippen LogP contribution in [-0.2, 0) is 19.6 Å². The van der Waals surface area contributed by atoms with Crippen LogP contribution in [0.1, 0.15) is 13.8 Å². The molecule has 0 radical (unpaired) electrons. The van der Waals surface area contributed by atoms with Crippen molar-refractivity contribution >= 4 is 16.0 Å². The number of hydrogen-bond acceptors (Lipinski definition) is 5. The largest absolute Gasteiger partial charge is 0.466 e. The van der Waals surface area contributed by atoms with Crippen LogP contribution < -0.4 is 10.0 Å². The minimum absolute atomic E-state index is 0.224. The molecule has 0 saturated heterocycles. The van der Waals surface area contributed by atoms with E-state index in [0.717, 1.165) is 6.26 Å². The van der Waals surface area contributed by atoms with E-state index >= 15 is 0 Å². The van der Waals surface area contributed by atoms with E-state index in [4.69, 9.17) is 4.74 Å². The molecule has 1 atom stereocenters. The van der Waals surface area contributed by atoms with E-state index in [0.29, 0.717) is 26.2 Å². The molecule has 6 nitrogen and oxygen atoms in total. The number of carbonyl (C=O) groups excluding carboxylic acids is 1. The van der Waals surface area contributed by atoms with E-state index in [1.54, 1.807) is 13.8 Å². The molecule has 0 fully saturated rings. The number of esters is 1. The molecule has 0 rings (SSSR count). The highest BCUT2D eigenvalue weighted by Gasteiger charge is 2.12. The predicted molar refractivity (Wildman–Crippen MR) is 61.5 cm³/mol. The van der Waals surface area contributed by atoms with Crippen molar-refractivity contribution in [1.82, 2.24) is 10.0 Å². The van der Waals surface area contributed by atoms with Gasteiger partial charge in [-0.05, 0) is 6.92 Å². The zero-order valence-electron chi connectivity index (χ0n) is 9.95. The second-order valence-corrected chi connectivity index (χ2v) is 5.36. The average molecular weight is 252 g/mol. The summed E-state index contributed by atoms with van der Waals surface area (Å²) in [6.07, 6.45) is 1.11. The Bertz CT molecular complexity index is 303. The molecule has 0 heterocycles. The predicted octanol–water partition coefficient (Wildman–Crippen LogP) is -0.676. The molecule has 0 aliphatic heterocycles. The van der Waals surface area contributed by atoms with Crippen LogP contribution in [0.4, 0.5) is 0 Å². The molecule has 0 amide bonds. The van der Waals surface area contributed by atoms with E-state index in [2.05, 4.69) is 10.0 Å². The molecule has 0 aliphatic rings. The molecule has 16 heavy (non-hydrogen) atoms. The van der Waals surface area contributed by atoms with E-state index in [1.165, 1.54) is 0 Å². The summed E-state index contributed by atoms with van der Waals surface area (Å²) in [4.78, 5) is 11.2. The third kappa shape index (κ3) is 8.63. The van der Waals surface area contributed by atoms with Crippen LogP contribution >= 0.6 is 0 Å². The van der Waals surface area contributed by atoms with Crippen molar-refractivity contribution in [2.75, 3.05) is 32.5 Å². The van der Waals surface area contributed by atoms with Crippen molar-refractivity contribution in [2.45, 2.75) is 13.8 Å². The molecule has 0 aliphatic carbocycles. The van der Waals surface area contributed by atoms with Gasteiger partial charge in [-0.1, -0.05) is 6.92 Å². The summed E-state index contributed by atoms with van der Waals surface area (Å²) in [6.45, 7) is 5.16. The first-order valence-corrected chi connectivity index (χ1v) is 7.08. The number of nitrogens with one attached hydrogen (secondary N) is 2. The van der Waals surface area contributed by atoms with Gasteiger partial charge in [-0.25, -0.2) is 13.1 Å². The molecule has 7 heteroatoms. The number of hydrogen-bond donors (Lipinski definition) is 2. The van der Waals surface area contributed by atoms with Crippen LogP contribution in [0.2, 0.25) is 0 Å². The maximum absolute atomic E-state index is 11.2. The van der Waals surface area contributed by atoms with Gasteiger partial charge in [0.25, 0.3) is 0 Å². The van der Waals surface area contributed by atoms with Gasteiger partial charge in [-0.3, -0.25) is 4.79 Å². The minimum Gasteiger partial charge on any atom is -0.466 e. The summed E-state index contributed by atoms with van der Waals surface area (Å²) in [5.74, 6) is -0.468. The lowest BCUT2D eigenvalue weighted by Crippen LogP contribution is -2.34.